The number of para-hydroxylation sites is 1. The molecule has 0 fully saturated rings. The number of imidazole rings is 1. The summed E-state index contributed by atoms with van der Waals surface area (Å²) >= 11 is 0. The normalized spacial score (nSPS) is 11.2. The zero-order chi connectivity index (χ0) is 16.5. The minimum Gasteiger partial charge on any atom is -0.422 e. The molecule has 0 unspecified atom stereocenters. The smallest absolute Gasteiger partial charge is 0.349 e. The molecule has 1 N–H and O–H groups in total. The topological polar surface area (TPSA) is 81.5 Å². The molecule has 0 aliphatic rings. The number of carbonyl (C=O) groups is 1. The first-order valence-electron chi connectivity index (χ1n) is 7.52. The van der Waals surface area contributed by atoms with Gasteiger partial charge in [-0.05, 0) is 12.1 Å². The Kier molecular flexibility index (Phi) is 3.38. The fourth-order valence-corrected chi connectivity index (χ4v) is 2.66. The minimum absolute atomic E-state index is 0.00991. The van der Waals surface area contributed by atoms with E-state index in [-0.39, 0.29) is 5.56 Å². The number of hydrogen-bond donors (Lipinski definition) is 1. The Morgan fingerprint density at radius 2 is 2.08 bits per heavy atom. The molecule has 0 atom stereocenters. The SMILES string of the molecule is O=C(NCCn1ccn2nccc12)c1cc2ccccc2oc1=O. The Morgan fingerprint density at radius 1 is 1.21 bits per heavy atom. The van der Waals surface area contributed by atoms with Crippen molar-refractivity contribution < 1.29 is 9.21 Å². The van der Waals surface area contributed by atoms with Crippen molar-refractivity contribution in [3.05, 3.63) is 71.0 Å². The van der Waals surface area contributed by atoms with E-state index < -0.39 is 11.5 Å². The van der Waals surface area contributed by atoms with Crippen molar-refractivity contribution in [3.8, 4) is 0 Å². The third kappa shape index (κ3) is 2.45. The standard InChI is InChI=1S/C17H14N4O3/c22-16(13-11-12-3-1-2-4-14(12)24-17(13)23)18-7-8-20-9-10-21-15(20)5-6-19-21/h1-6,9-11H,7-8H2,(H,18,22). The van der Waals surface area contributed by atoms with Crippen LogP contribution in [0.5, 0.6) is 0 Å². The molecule has 0 aliphatic heterocycles. The van der Waals surface area contributed by atoms with Gasteiger partial charge in [0.15, 0.2) is 0 Å². The molecular formula is C17H14N4O3. The maximum absolute atomic E-state index is 12.3. The summed E-state index contributed by atoms with van der Waals surface area (Å²) < 4.78 is 8.90. The van der Waals surface area contributed by atoms with E-state index in [4.69, 9.17) is 4.42 Å². The largest absolute Gasteiger partial charge is 0.422 e. The van der Waals surface area contributed by atoms with Gasteiger partial charge in [-0.15, -0.1) is 0 Å². The summed E-state index contributed by atoms with van der Waals surface area (Å²) in [6, 6.07) is 10.5. The molecule has 0 saturated carbocycles. The van der Waals surface area contributed by atoms with Gasteiger partial charge in [0.05, 0.1) is 6.20 Å². The maximum Gasteiger partial charge on any atom is 0.349 e. The molecule has 7 heteroatoms. The van der Waals surface area contributed by atoms with Crippen LogP contribution in [0.25, 0.3) is 16.6 Å². The van der Waals surface area contributed by atoms with Gasteiger partial charge in [-0.25, -0.2) is 9.31 Å². The molecule has 4 rings (SSSR count). The van der Waals surface area contributed by atoms with E-state index in [1.54, 1.807) is 35.0 Å². The Labute approximate surface area is 136 Å². The summed E-state index contributed by atoms with van der Waals surface area (Å²) in [4.78, 5) is 24.2. The van der Waals surface area contributed by atoms with E-state index in [1.807, 2.05) is 29.1 Å². The highest BCUT2D eigenvalue weighted by Crippen LogP contribution is 2.12. The fourth-order valence-electron chi connectivity index (χ4n) is 2.66. The van der Waals surface area contributed by atoms with Gasteiger partial charge in [0.2, 0.25) is 0 Å². The van der Waals surface area contributed by atoms with Gasteiger partial charge in [-0.1, -0.05) is 18.2 Å². The Balaban J connectivity index is 1.49. The molecule has 4 aromatic rings. The summed E-state index contributed by atoms with van der Waals surface area (Å²) in [6.45, 7) is 0.966. The molecule has 7 nitrogen and oxygen atoms in total. The molecule has 24 heavy (non-hydrogen) atoms. The number of nitrogens with one attached hydrogen (secondary N) is 1. The average Bonchev–Trinajstić information content (AvgIpc) is 3.18. The van der Waals surface area contributed by atoms with Crippen LogP contribution in [0, 0.1) is 0 Å². The van der Waals surface area contributed by atoms with Crippen molar-refractivity contribution >= 4 is 22.5 Å². The number of amides is 1. The predicted octanol–water partition coefficient (Wildman–Crippen LogP) is 1.67. The summed E-state index contributed by atoms with van der Waals surface area (Å²) in [5.41, 5.74) is 0.782. The predicted molar refractivity (Wildman–Crippen MR) is 88.0 cm³/mol. The van der Waals surface area contributed by atoms with Gasteiger partial charge < -0.3 is 14.3 Å². The average molecular weight is 322 g/mol. The Hall–Kier alpha value is -3.35. The molecule has 120 valence electrons. The lowest BCUT2D eigenvalue weighted by Gasteiger charge is -2.06. The lowest BCUT2D eigenvalue weighted by atomic mass is 10.2. The van der Waals surface area contributed by atoms with Gasteiger partial charge in [0.25, 0.3) is 5.91 Å². The molecular weight excluding hydrogens is 308 g/mol. The van der Waals surface area contributed by atoms with Gasteiger partial charge >= 0.3 is 5.63 Å². The second kappa shape index (κ2) is 5.69. The summed E-state index contributed by atoms with van der Waals surface area (Å²) in [5.74, 6) is -0.439. The van der Waals surface area contributed by atoms with Gasteiger partial charge in [-0.2, -0.15) is 5.10 Å². The molecule has 3 heterocycles. The summed E-state index contributed by atoms with van der Waals surface area (Å²) in [5, 5.41) is 7.59. The number of benzene rings is 1. The first-order chi connectivity index (χ1) is 11.7. The highest BCUT2D eigenvalue weighted by molar-refractivity contribution is 5.96. The zero-order valence-electron chi connectivity index (χ0n) is 12.7. The second-order valence-electron chi connectivity index (χ2n) is 5.37. The van der Waals surface area contributed by atoms with E-state index >= 15 is 0 Å². The number of rotatable bonds is 4. The van der Waals surface area contributed by atoms with Crippen LogP contribution < -0.4 is 10.9 Å². The fraction of sp³-hybridized carbons (Fsp3) is 0.118. The quantitative estimate of drug-likeness (QED) is 0.580. The van der Waals surface area contributed by atoms with Crippen LogP contribution in [-0.2, 0) is 6.54 Å². The minimum atomic E-state index is -0.634. The molecule has 0 bridgehead atoms. The van der Waals surface area contributed by atoms with Crippen molar-refractivity contribution in [2.24, 2.45) is 0 Å². The molecule has 0 radical (unpaired) electrons. The molecule has 0 saturated heterocycles. The first-order valence-corrected chi connectivity index (χ1v) is 7.52. The molecule has 1 amide bonds. The molecule has 0 aliphatic carbocycles. The number of fused-ring (bicyclic) bond motifs is 2. The highest BCUT2D eigenvalue weighted by Gasteiger charge is 2.13. The van der Waals surface area contributed by atoms with Crippen molar-refractivity contribution in [2.45, 2.75) is 6.54 Å². The van der Waals surface area contributed by atoms with Crippen molar-refractivity contribution in [2.75, 3.05) is 6.54 Å². The van der Waals surface area contributed by atoms with Crippen molar-refractivity contribution in [1.29, 1.82) is 0 Å². The van der Waals surface area contributed by atoms with Crippen LogP contribution in [0.2, 0.25) is 0 Å². The van der Waals surface area contributed by atoms with E-state index in [9.17, 15) is 9.59 Å². The number of carbonyl (C=O) groups excluding carboxylic acids is 1. The van der Waals surface area contributed by atoms with Crippen molar-refractivity contribution in [3.63, 3.8) is 0 Å². The Bertz CT molecular complexity index is 1090. The Morgan fingerprint density at radius 3 is 3.00 bits per heavy atom. The lowest BCUT2D eigenvalue weighted by molar-refractivity contribution is 0.0949. The van der Waals surface area contributed by atoms with Crippen LogP contribution in [-0.4, -0.2) is 26.6 Å². The second-order valence-corrected chi connectivity index (χ2v) is 5.37. The van der Waals surface area contributed by atoms with Gasteiger partial charge in [0, 0.05) is 36.9 Å². The molecule has 3 aromatic heterocycles. The monoisotopic (exact) mass is 322 g/mol. The van der Waals surface area contributed by atoms with Crippen LogP contribution in [0.1, 0.15) is 10.4 Å². The van der Waals surface area contributed by atoms with Crippen molar-refractivity contribution in [1.82, 2.24) is 19.5 Å². The van der Waals surface area contributed by atoms with Crippen LogP contribution >= 0.6 is 0 Å². The summed E-state index contributed by atoms with van der Waals surface area (Å²) in [7, 11) is 0. The third-order valence-electron chi connectivity index (χ3n) is 3.86. The van der Waals surface area contributed by atoms with E-state index in [0.717, 1.165) is 5.65 Å². The highest BCUT2D eigenvalue weighted by atomic mass is 16.4. The lowest BCUT2D eigenvalue weighted by Crippen LogP contribution is -2.30. The maximum atomic E-state index is 12.3. The van der Waals surface area contributed by atoms with E-state index in [1.165, 1.54) is 0 Å². The first kappa shape index (κ1) is 14.3. The molecule has 0 spiro atoms. The van der Waals surface area contributed by atoms with Crippen LogP contribution in [0.15, 0.2) is 64.2 Å². The zero-order valence-corrected chi connectivity index (χ0v) is 12.7. The van der Waals surface area contributed by atoms with Crippen LogP contribution in [0.3, 0.4) is 0 Å². The van der Waals surface area contributed by atoms with Gasteiger partial charge in [0.1, 0.15) is 16.8 Å². The third-order valence-corrected chi connectivity index (χ3v) is 3.86. The number of nitrogens with zero attached hydrogens (tertiary/aromatic N) is 3. The summed E-state index contributed by atoms with van der Waals surface area (Å²) in [6.07, 6.45) is 5.44. The van der Waals surface area contributed by atoms with Gasteiger partial charge in [-0.3, -0.25) is 4.79 Å². The molecule has 1 aromatic carbocycles. The number of hydrogen-bond acceptors (Lipinski definition) is 4. The van der Waals surface area contributed by atoms with E-state index in [2.05, 4.69) is 10.4 Å². The van der Waals surface area contributed by atoms with Crippen LogP contribution in [0.4, 0.5) is 0 Å². The van der Waals surface area contributed by atoms with E-state index in [0.29, 0.717) is 24.1 Å². The number of aromatic nitrogens is 3.